The van der Waals surface area contributed by atoms with Gasteiger partial charge in [-0.2, -0.15) is 0 Å². The summed E-state index contributed by atoms with van der Waals surface area (Å²) in [5.41, 5.74) is 5.61. The first kappa shape index (κ1) is 15.6. The molecule has 0 unspecified atom stereocenters. The summed E-state index contributed by atoms with van der Waals surface area (Å²) in [4.78, 5) is 12.4. The van der Waals surface area contributed by atoms with Crippen molar-refractivity contribution in [2.24, 2.45) is 0 Å². The van der Waals surface area contributed by atoms with Gasteiger partial charge in [0.05, 0.1) is 12.5 Å². The summed E-state index contributed by atoms with van der Waals surface area (Å²) in [5.74, 6) is 0.879. The molecule has 0 aromatic heterocycles. The summed E-state index contributed by atoms with van der Waals surface area (Å²) in [6, 6.07) is 12.3. The van der Waals surface area contributed by atoms with Gasteiger partial charge in [0, 0.05) is 5.69 Å². The van der Waals surface area contributed by atoms with Gasteiger partial charge in [-0.05, 0) is 55.5 Å². The smallest absolute Gasteiger partial charge is 0.232 e. The first-order valence-corrected chi connectivity index (χ1v) is 8.22. The summed E-state index contributed by atoms with van der Waals surface area (Å²) in [5, 5.41) is 3.04. The fourth-order valence-electron chi connectivity index (χ4n) is 3.18. The fraction of sp³-hybridized carbons (Fsp3) is 0.350. The van der Waals surface area contributed by atoms with Crippen LogP contribution in [0.5, 0.6) is 5.75 Å². The van der Waals surface area contributed by atoms with Crippen LogP contribution in [0.25, 0.3) is 0 Å². The number of nitrogens with one attached hydrogen (secondary N) is 1. The number of fused-ring (bicyclic) bond motifs is 1. The van der Waals surface area contributed by atoms with E-state index in [1.165, 1.54) is 5.56 Å². The number of hydrogen-bond acceptors (Lipinski definition) is 2. The van der Waals surface area contributed by atoms with Crippen LogP contribution in [-0.4, -0.2) is 12.5 Å². The Morgan fingerprint density at radius 1 is 1.13 bits per heavy atom. The number of anilines is 1. The largest absolute Gasteiger partial charge is 0.494 e. The van der Waals surface area contributed by atoms with Gasteiger partial charge in [0.25, 0.3) is 0 Å². The summed E-state index contributed by atoms with van der Waals surface area (Å²) in [6.45, 7) is 6.95. The zero-order valence-electron chi connectivity index (χ0n) is 14.0. The van der Waals surface area contributed by atoms with Crippen molar-refractivity contribution in [1.82, 2.24) is 0 Å². The lowest BCUT2D eigenvalue weighted by Gasteiger charge is -2.11. The van der Waals surface area contributed by atoms with Crippen molar-refractivity contribution < 1.29 is 9.53 Å². The molecule has 1 amide bonds. The maximum atomic E-state index is 12.4. The number of carbonyl (C=O) groups excluding carboxylic acids is 1. The zero-order chi connectivity index (χ0) is 16.4. The van der Waals surface area contributed by atoms with E-state index in [9.17, 15) is 4.79 Å². The van der Waals surface area contributed by atoms with E-state index in [0.29, 0.717) is 0 Å². The molecule has 1 aliphatic heterocycles. The number of hydrogen-bond donors (Lipinski definition) is 1. The lowest BCUT2D eigenvalue weighted by atomic mass is 9.91. The molecule has 2 aromatic rings. The molecule has 1 heterocycles. The third-order valence-electron chi connectivity index (χ3n) is 4.29. The number of benzene rings is 2. The molecule has 1 N–H and O–H groups in total. The molecule has 0 saturated carbocycles. The molecule has 0 saturated heterocycles. The highest BCUT2D eigenvalue weighted by molar-refractivity contribution is 6.04. The van der Waals surface area contributed by atoms with E-state index in [1.807, 2.05) is 19.1 Å². The maximum Gasteiger partial charge on any atom is 0.232 e. The van der Waals surface area contributed by atoms with Crippen molar-refractivity contribution in [1.29, 1.82) is 0 Å². The SMILES string of the molecule is CCCOc1ccc(C[C@H]2C(=O)Nc3c(C)cc(C)cc32)cc1. The van der Waals surface area contributed by atoms with Crippen LogP contribution < -0.4 is 10.1 Å². The minimum atomic E-state index is -0.106. The van der Waals surface area contributed by atoms with Gasteiger partial charge in [0.1, 0.15) is 5.75 Å². The topological polar surface area (TPSA) is 38.3 Å². The molecule has 0 radical (unpaired) electrons. The minimum absolute atomic E-state index is 0.0972. The Morgan fingerprint density at radius 3 is 2.57 bits per heavy atom. The minimum Gasteiger partial charge on any atom is -0.494 e. The van der Waals surface area contributed by atoms with E-state index >= 15 is 0 Å². The Kier molecular flexibility index (Phi) is 4.37. The third-order valence-corrected chi connectivity index (χ3v) is 4.29. The molecule has 0 aliphatic carbocycles. The van der Waals surface area contributed by atoms with E-state index < -0.39 is 0 Å². The van der Waals surface area contributed by atoms with E-state index in [4.69, 9.17) is 4.74 Å². The highest BCUT2D eigenvalue weighted by Crippen LogP contribution is 2.37. The Morgan fingerprint density at radius 2 is 1.87 bits per heavy atom. The van der Waals surface area contributed by atoms with Crippen LogP contribution in [0.1, 0.15) is 41.5 Å². The van der Waals surface area contributed by atoms with Gasteiger partial charge in [-0.1, -0.05) is 36.8 Å². The van der Waals surface area contributed by atoms with Crippen LogP contribution in [0.3, 0.4) is 0 Å². The second-order valence-electron chi connectivity index (χ2n) is 6.28. The Balaban J connectivity index is 1.80. The molecule has 3 heteroatoms. The van der Waals surface area contributed by atoms with Gasteiger partial charge in [-0.15, -0.1) is 0 Å². The molecule has 2 aromatic carbocycles. The number of carbonyl (C=O) groups is 1. The van der Waals surface area contributed by atoms with Crippen LogP contribution in [0.2, 0.25) is 0 Å². The van der Waals surface area contributed by atoms with Gasteiger partial charge < -0.3 is 10.1 Å². The van der Waals surface area contributed by atoms with Gasteiger partial charge in [-0.25, -0.2) is 0 Å². The first-order chi connectivity index (χ1) is 11.1. The summed E-state index contributed by atoms with van der Waals surface area (Å²) >= 11 is 0. The lowest BCUT2D eigenvalue weighted by molar-refractivity contribution is -0.117. The van der Waals surface area contributed by atoms with Crippen LogP contribution >= 0.6 is 0 Å². The van der Waals surface area contributed by atoms with Gasteiger partial charge in [-0.3, -0.25) is 4.79 Å². The van der Waals surface area contributed by atoms with E-state index in [-0.39, 0.29) is 11.8 Å². The van der Waals surface area contributed by atoms with E-state index in [1.54, 1.807) is 0 Å². The number of aryl methyl sites for hydroxylation is 2. The Bertz CT molecular complexity index is 719. The second-order valence-corrected chi connectivity index (χ2v) is 6.28. The predicted molar refractivity (Wildman–Crippen MR) is 93.2 cm³/mol. The fourth-order valence-corrected chi connectivity index (χ4v) is 3.18. The quantitative estimate of drug-likeness (QED) is 0.890. The Labute approximate surface area is 137 Å². The molecule has 0 spiro atoms. The van der Waals surface area contributed by atoms with Crippen molar-refractivity contribution in [3.63, 3.8) is 0 Å². The molecule has 120 valence electrons. The van der Waals surface area contributed by atoms with Crippen molar-refractivity contribution in [3.05, 3.63) is 58.7 Å². The first-order valence-electron chi connectivity index (χ1n) is 8.22. The number of amides is 1. The molecular formula is C20H23NO2. The normalized spacial score (nSPS) is 16.1. The van der Waals surface area contributed by atoms with Crippen molar-refractivity contribution >= 4 is 11.6 Å². The van der Waals surface area contributed by atoms with Crippen LogP contribution in [0.4, 0.5) is 5.69 Å². The standard InChI is InChI=1S/C20H23NO2/c1-4-9-23-16-7-5-15(6-8-16)12-18-17-11-13(2)10-14(3)19(17)21-20(18)22/h5-8,10-11,18H,4,9,12H2,1-3H3,(H,21,22)/t18-/m1/s1. The average Bonchev–Trinajstić information content (AvgIpc) is 2.83. The summed E-state index contributed by atoms with van der Waals surface area (Å²) in [6.07, 6.45) is 1.72. The van der Waals surface area contributed by atoms with Gasteiger partial charge >= 0.3 is 0 Å². The monoisotopic (exact) mass is 309 g/mol. The molecule has 3 rings (SSSR count). The molecule has 0 fully saturated rings. The predicted octanol–water partition coefficient (Wildman–Crippen LogP) is 4.37. The van der Waals surface area contributed by atoms with E-state index in [0.717, 1.165) is 47.6 Å². The summed E-state index contributed by atoms with van der Waals surface area (Å²) in [7, 11) is 0. The van der Waals surface area contributed by atoms with Crippen LogP contribution in [0.15, 0.2) is 36.4 Å². The lowest BCUT2D eigenvalue weighted by Crippen LogP contribution is -2.14. The van der Waals surface area contributed by atoms with Gasteiger partial charge in [0.15, 0.2) is 0 Å². The second kappa shape index (κ2) is 6.45. The molecule has 23 heavy (non-hydrogen) atoms. The molecule has 1 atom stereocenters. The average molecular weight is 309 g/mol. The number of ether oxygens (including phenoxy) is 1. The summed E-state index contributed by atoms with van der Waals surface area (Å²) < 4.78 is 5.61. The highest BCUT2D eigenvalue weighted by atomic mass is 16.5. The third kappa shape index (κ3) is 3.24. The Hall–Kier alpha value is -2.29. The molecular weight excluding hydrogens is 286 g/mol. The number of rotatable bonds is 5. The van der Waals surface area contributed by atoms with Gasteiger partial charge in [0.2, 0.25) is 5.91 Å². The molecule has 0 bridgehead atoms. The van der Waals surface area contributed by atoms with Crippen molar-refractivity contribution in [2.45, 2.75) is 39.5 Å². The van der Waals surface area contributed by atoms with E-state index in [2.05, 4.69) is 43.4 Å². The highest BCUT2D eigenvalue weighted by Gasteiger charge is 2.31. The zero-order valence-corrected chi connectivity index (χ0v) is 14.0. The van der Waals surface area contributed by atoms with Crippen molar-refractivity contribution in [3.8, 4) is 5.75 Å². The van der Waals surface area contributed by atoms with Crippen molar-refractivity contribution in [2.75, 3.05) is 11.9 Å². The molecule has 3 nitrogen and oxygen atoms in total. The maximum absolute atomic E-state index is 12.4. The van der Waals surface area contributed by atoms with Crippen LogP contribution in [-0.2, 0) is 11.2 Å². The molecule has 1 aliphatic rings. The van der Waals surface area contributed by atoms with Crippen LogP contribution in [0, 0.1) is 13.8 Å².